The quantitative estimate of drug-likeness (QED) is 0.697. The van der Waals surface area contributed by atoms with Crippen molar-refractivity contribution < 1.29 is 9.18 Å². The zero-order valence-electron chi connectivity index (χ0n) is 15.6. The highest BCUT2D eigenvalue weighted by Gasteiger charge is 2.15. The highest BCUT2D eigenvalue weighted by Crippen LogP contribution is 2.20. The Morgan fingerprint density at radius 2 is 1.66 bits per heavy atom. The third-order valence-corrected chi connectivity index (χ3v) is 4.75. The van der Waals surface area contributed by atoms with Crippen LogP contribution in [-0.4, -0.2) is 20.7 Å². The third-order valence-electron chi connectivity index (χ3n) is 4.50. The lowest BCUT2D eigenvalue weighted by Crippen LogP contribution is -2.30. The summed E-state index contributed by atoms with van der Waals surface area (Å²) >= 11 is 5.85. The molecule has 0 saturated heterocycles. The van der Waals surface area contributed by atoms with Gasteiger partial charge in [0, 0.05) is 16.7 Å². The van der Waals surface area contributed by atoms with Gasteiger partial charge in [-0.15, -0.1) is 0 Å². The van der Waals surface area contributed by atoms with Crippen LogP contribution in [0.1, 0.15) is 42.5 Å². The lowest BCUT2D eigenvalue weighted by Gasteiger charge is -2.09. The van der Waals surface area contributed by atoms with Crippen molar-refractivity contribution in [3.8, 4) is 16.9 Å². The second-order valence-electron chi connectivity index (χ2n) is 6.66. The molecular formula is C21H20ClFN4O2. The van der Waals surface area contributed by atoms with Crippen molar-refractivity contribution in [1.82, 2.24) is 14.8 Å². The third kappa shape index (κ3) is 5.26. The van der Waals surface area contributed by atoms with Crippen LogP contribution in [0.15, 0.2) is 53.6 Å². The van der Waals surface area contributed by atoms with Crippen LogP contribution in [0.4, 0.5) is 4.39 Å². The lowest BCUT2D eigenvalue weighted by molar-refractivity contribution is 0.0998. The summed E-state index contributed by atoms with van der Waals surface area (Å²) in [6, 6.07) is 9.00. The van der Waals surface area contributed by atoms with E-state index in [2.05, 4.69) is 10.1 Å². The Hall–Kier alpha value is -3.06. The number of carbonyl (C=O) groups excluding carboxylic acids is 1. The first kappa shape index (κ1) is 20.7. The van der Waals surface area contributed by atoms with Crippen LogP contribution in [0.3, 0.4) is 0 Å². The Labute approximate surface area is 172 Å². The van der Waals surface area contributed by atoms with Crippen molar-refractivity contribution in [1.29, 1.82) is 0 Å². The Morgan fingerprint density at radius 1 is 1.03 bits per heavy atom. The molecule has 0 radical (unpaired) electrons. The molecule has 2 aromatic heterocycles. The van der Waals surface area contributed by atoms with Crippen LogP contribution in [0.5, 0.6) is 0 Å². The number of pyridine rings is 1. The number of primary amides is 1. The second kappa shape index (κ2) is 9.43. The molecule has 1 aliphatic rings. The van der Waals surface area contributed by atoms with Gasteiger partial charge in [-0.3, -0.25) is 14.6 Å². The summed E-state index contributed by atoms with van der Waals surface area (Å²) in [5, 5.41) is 4.70. The van der Waals surface area contributed by atoms with Crippen molar-refractivity contribution >= 4 is 17.5 Å². The minimum atomic E-state index is -0.907. The van der Waals surface area contributed by atoms with Gasteiger partial charge < -0.3 is 5.73 Å². The zero-order valence-corrected chi connectivity index (χ0v) is 16.4. The molecule has 150 valence electrons. The summed E-state index contributed by atoms with van der Waals surface area (Å²) in [5.41, 5.74) is 5.25. The van der Waals surface area contributed by atoms with E-state index in [1.54, 1.807) is 24.3 Å². The number of nitrogens with two attached hydrogens (primary N) is 1. The number of carbonyl (C=O) groups is 1. The second-order valence-corrected chi connectivity index (χ2v) is 7.10. The topological polar surface area (TPSA) is 90.9 Å². The van der Waals surface area contributed by atoms with Gasteiger partial charge in [-0.1, -0.05) is 55.8 Å². The van der Waals surface area contributed by atoms with Gasteiger partial charge in [0.05, 0.1) is 23.8 Å². The lowest BCUT2D eigenvalue weighted by atomic mass is 10.1. The predicted molar refractivity (Wildman–Crippen MR) is 110 cm³/mol. The fourth-order valence-corrected chi connectivity index (χ4v) is 3.13. The van der Waals surface area contributed by atoms with E-state index in [1.165, 1.54) is 44.4 Å². The molecular weight excluding hydrogens is 395 g/mol. The first-order valence-electron chi connectivity index (χ1n) is 9.27. The highest BCUT2D eigenvalue weighted by atomic mass is 35.5. The van der Waals surface area contributed by atoms with E-state index in [0.717, 1.165) is 16.9 Å². The van der Waals surface area contributed by atoms with Gasteiger partial charge in [0.15, 0.2) is 0 Å². The van der Waals surface area contributed by atoms with E-state index >= 15 is 0 Å². The summed E-state index contributed by atoms with van der Waals surface area (Å²) in [5.74, 6) is -1.55. The average molecular weight is 415 g/mol. The maximum atomic E-state index is 13.4. The minimum absolute atomic E-state index is 0.0818. The molecule has 0 spiro atoms. The molecule has 1 amide bonds. The van der Waals surface area contributed by atoms with Crippen LogP contribution in [0, 0.1) is 5.82 Å². The molecule has 1 aliphatic carbocycles. The van der Waals surface area contributed by atoms with Gasteiger partial charge in [0.1, 0.15) is 11.4 Å². The fourth-order valence-electron chi connectivity index (χ4n) is 3.01. The number of hydrogen-bond donors (Lipinski definition) is 1. The summed E-state index contributed by atoms with van der Waals surface area (Å²) in [6.45, 7) is 0. The molecule has 2 N–H and O–H groups in total. The van der Waals surface area contributed by atoms with Crippen molar-refractivity contribution in [2.75, 3.05) is 0 Å². The number of benzene rings is 1. The number of amides is 1. The summed E-state index contributed by atoms with van der Waals surface area (Å²) in [6.07, 6.45) is 9.75. The Morgan fingerprint density at radius 3 is 2.21 bits per heavy atom. The maximum Gasteiger partial charge on any atom is 0.284 e. The van der Waals surface area contributed by atoms with Gasteiger partial charge in [0.2, 0.25) is 0 Å². The zero-order chi connectivity index (χ0) is 20.8. The van der Waals surface area contributed by atoms with E-state index in [-0.39, 0.29) is 11.3 Å². The van der Waals surface area contributed by atoms with Gasteiger partial charge in [-0.2, -0.15) is 9.78 Å². The molecule has 0 aliphatic heterocycles. The molecule has 2 heterocycles. The summed E-state index contributed by atoms with van der Waals surface area (Å²) in [4.78, 5) is 27.7. The smallest absolute Gasteiger partial charge is 0.284 e. The monoisotopic (exact) mass is 414 g/mol. The van der Waals surface area contributed by atoms with Crippen molar-refractivity contribution in [2.45, 2.75) is 32.1 Å². The van der Waals surface area contributed by atoms with E-state index in [4.69, 9.17) is 17.3 Å². The van der Waals surface area contributed by atoms with Gasteiger partial charge in [-0.25, -0.2) is 4.39 Å². The minimum Gasteiger partial charge on any atom is -0.365 e. The summed E-state index contributed by atoms with van der Waals surface area (Å²) in [7, 11) is 0. The van der Waals surface area contributed by atoms with Crippen molar-refractivity contribution in [3.63, 3.8) is 0 Å². The Balaban J connectivity index is 0.000000419. The Kier molecular flexibility index (Phi) is 6.72. The predicted octanol–water partition coefficient (Wildman–Crippen LogP) is 4.14. The molecule has 1 aromatic carbocycles. The number of halogens is 2. The molecule has 6 nitrogen and oxygen atoms in total. The normalized spacial score (nSPS) is 12.9. The Bertz CT molecular complexity index is 1060. The van der Waals surface area contributed by atoms with E-state index in [0.29, 0.717) is 16.3 Å². The molecule has 0 atom stereocenters. The number of aromatic nitrogens is 3. The number of rotatable bonds is 3. The van der Waals surface area contributed by atoms with Crippen LogP contribution < -0.4 is 11.3 Å². The van der Waals surface area contributed by atoms with E-state index in [9.17, 15) is 14.0 Å². The van der Waals surface area contributed by atoms with Crippen molar-refractivity contribution in [2.24, 2.45) is 5.73 Å². The standard InChI is InChI=1S/C16H10ClFN4O2.C5H10/c17-10-3-1-9(2-4-10)14-6-13(15(19)23)16(24)22(21-14)12-5-11(18)7-20-8-12;1-2-4-5-3-1/h1-8H,(H2,19,23);1-5H2. The van der Waals surface area contributed by atoms with Gasteiger partial charge in [-0.05, 0) is 18.2 Å². The van der Waals surface area contributed by atoms with Crippen LogP contribution in [0.25, 0.3) is 16.9 Å². The van der Waals surface area contributed by atoms with Crippen LogP contribution in [-0.2, 0) is 0 Å². The molecule has 0 unspecified atom stereocenters. The molecule has 4 rings (SSSR count). The molecule has 0 bridgehead atoms. The maximum absolute atomic E-state index is 13.4. The molecule has 1 saturated carbocycles. The average Bonchev–Trinajstić information content (AvgIpc) is 3.29. The van der Waals surface area contributed by atoms with Crippen LogP contribution in [0.2, 0.25) is 5.02 Å². The van der Waals surface area contributed by atoms with Crippen molar-refractivity contribution in [3.05, 3.63) is 75.5 Å². The van der Waals surface area contributed by atoms with Crippen LogP contribution >= 0.6 is 11.6 Å². The number of nitrogens with zero attached hydrogens (tertiary/aromatic N) is 3. The number of hydrogen-bond acceptors (Lipinski definition) is 4. The highest BCUT2D eigenvalue weighted by molar-refractivity contribution is 6.30. The van der Waals surface area contributed by atoms with Gasteiger partial charge in [0.25, 0.3) is 11.5 Å². The first-order chi connectivity index (χ1) is 14.0. The van der Waals surface area contributed by atoms with E-state index < -0.39 is 17.3 Å². The molecule has 8 heteroatoms. The van der Waals surface area contributed by atoms with Gasteiger partial charge >= 0.3 is 0 Å². The van der Waals surface area contributed by atoms with E-state index in [1.807, 2.05) is 0 Å². The molecule has 1 fully saturated rings. The fraction of sp³-hybridized carbons (Fsp3) is 0.238. The molecule has 3 aromatic rings. The SMILES string of the molecule is C1CCCC1.NC(=O)c1cc(-c2ccc(Cl)cc2)nn(-c2cncc(F)c2)c1=O. The largest absolute Gasteiger partial charge is 0.365 e. The summed E-state index contributed by atoms with van der Waals surface area (Å²) < 4.78 is 14.3. The first-order valence-corrected chi connectivity index (χ1v) is 9.64. The molecule has 29 heavy (non-hydrogen) atoms.